The van der Waals surface area contributed by atoms with Crippen LogP contribution in [0.3, 0.4) is 0 Å². The summed E-state index contributed by atoms with van der Waals surface area (Å²) in [5, 5.41) is 2.12. The molecule has 1 aliphatic heterocycles. The molecular weight excluding hydrogens is 699 g/mol. The van der Waals surface area contributed by atoms with Crippen LogP contribution in [0.25, 0.3) is 38.8 Å². The van der Waals surface area contributed by atoms with Crippen molar-refractivity contribution >= 4 is 50.6 Å². The van der Waals surface area contributed by atoms with Gasteiger partial charge in [-0.05, 0) is 104 Å². The third kappa shape index (κ3) is 6.42. The largest absolute Gasteiger partial charge is 0.503 e. The molecule has 0 atom stereocenters. The first-order chi connectivity index (χ1) is 29.8. The van der Waals surface area contributed by atoms with Crippen LogP contribution >= 0.6 is 0 Å². The lowest BCUT2D eigenvalue weighted by Crippen LogP contribution is -2.12. The van der Waals surface area contributed by atoms with Crippen LogP contribution in [-0.2, 0) is 10.8 Å². The molecule has 0 radical (unpaired) electrons. The highest BCUT2D eigenvalue weighted by molar-refractivity contribution is 6.09. The number of aromatic nitrogens is 3. The van der Waals surface area contributed by atoms with E-state index in [4.69, 9.17) is 17.9 Å². The van der Waals surface area contributed by atoms with E-state index in [0.29, 0.717) is 22.7 Å². The molecule has 280 valence electrons. The number of aryl methyl sites for hydroxylation is 2. The van der Waals surface area contributed by atoms with Gasteiger partial charge in [-0.2, -0.15) is 0 Å². The van der Waals surface area contributed by atoms with E-state index in [1.807, 2.05) is 82.3 Å². The van der Waals surface area contributed by atoms with Gasteiger partial charge in [0.2, 0.25) is 11.4 Å². The number of ether oxygens (including phenoxy) is 1. The molecule has 0 fully saturated rings. The maximum Gasteiger partial charge on any atom is 0.503 e. The Labute approximate surface area is 343 Å². The van der Waals surface area contributed by atoms with E-state index in [1.54, 1.807) is 12.1 Å². The molecule has 5 aromatic carbocycles. The van der Waals surface area contributed by atoms with Crippen LogP contribution in [0.4, 0.5) is 22.7 Å². The minimum absolute atomic E-state index is 0.0301. The highest BCUT2D eigenvalue weighted by atomic mass is 16.5. The van der Waals surface area contributed by atoms with E-state index in [1.165, 1.54) is 23.8 Å². The summed E-state index contributed by atoms with van der Waals surface area (Å²) in [6.07, 6.45) is 5.55. The Bertz CT molecular complexity index is 3160. The van der Waals surface area contributed by atoms with Gasteiger partial charge in [-0.1, -0.05) is 84.0 Å². The van der Waals surface area contributed by atoms with Crippen LogP contribution in [0, 0.1) is 13.7 Å². The molecule has 0 saturated carbocycles. The van der Waals surface area contributed by atoms with Gasteiger partial charge in [0, 0.05) is 61.7 Å². The summed E-state index contributed by atoms with van der Waals surface area (Å²) < 4.78 is 63.3. The number of fused-ring (bicyclic) bond motifs is 4. The average Bonchev–Trinajstić information content (AvgIpc) is 3.78. The fraction of sp³-hybridized carbons (Fsp3) is 0.196. The molecule has 3 aromatic heterocycles. The molecular formula is C51H47N5O+2. The number of benzene rings is 5. The summed E-state index contributed by atoms with van der Waals surface area (Å²) in [6.45, 7) is 7.92. The molecule has 0 spiro atoms. The highest BCUT2D eigenvalue weighted by Crippen LogP contribution is 2.43. The van der Waals surface area contributed by atoms with Gasteiger partial charge in [0.1, 0.15) is 17.3 Å². The van der Waals surface area contributed by atoms with Crippen molar-refractivity contribution in [2.24, 2.45) is 0 Å². The summed E-state index contributed by atoms with van der Waals surface area (Å²) in [5.41, 5.74) is 7.31. The van der Waals surface area contributed by atoms with Crippen molar-refractivity contribution in [2.45, 2.75) is 66.1 Å². The molecule has 0 saturated heterocycles. The van der Waals surface area contributed by atoms with E-state index in [-0.39, 0.29) is 27.5 Å². The third-order valence-electron chi connectivity index (χ3n) is 10.7. The van der Waals surface area contributed by atoms with Gasteiger partial charge in [-0.3, -0.25) is 9.55 Å². The molecule has 1 aliphatic rings. The van der Waals surface area contributed by atoms with E-state index < -0.39 is 13.7 Å². The number of pyridine rings is 2. The van der Waals surface area contributed by atoms with Gasteiger partial charge in [-0.15, -0.1) is 0 Å². The van der Waals surface area contributed by atoms with Crippen molar-refractivity contribution in [1.82, 2.24) is 23.7 Å². The minimum atomic E-state index is -2.57. The number of rotatable bonds is 6. The van der Waals surface area contributed by atoms with E-state index in [9.17, 15) is 0 Å². The molecule has 8 aromatic rings. The monoisotopic (exact) mass is 751 g/mol. The fourth-order valence-corrected chi connectivity index (χ4v) is 7.66. The van der Waals surface area contributed by atoms with Gasteiger partial charge >= 0.3 is 6.01 Å². The smallest absolute Gasteiger partial charge is 0.457 e. The van der Waals surface area contributed by atoms with Crippen molar-refractivity contribution < 1.29 is 13.0 Å². The third-order valence-corrected chi connectivity index (χ3v) is 10.7. The second-order valence-corrected chi connectivity index (χ2v) is 16.6. The van der Waals surface area contributed by atoms with Gasteiger partial charge in [0.25, 0.3) is 11.4 Å². The fourth-order valence-electron chi connectivity index (χ4n) is 7.66. The second-order valence-electron chi connectivity index (χ2n) is 16.6. The molecule has 0 amide bonds. The molecule has 57 heavy (non-hydrogen) atoms. The summed E-state index contributed by atoms with van der Waals surface area (Å²) in [7, 11) is 0. The van der Waals surface area contributed by atoms with Gasteiger partial charge in [0.05, 0.1) is 28.9 Å². The summed E-state index contributed by atoms with van der Waals surface area (Å²) in [5.74, 6) is 2.07. The molecule has 0 unspecified atom stereocenters. The number of hydrogen-bond donors (Lipinski definition) is 0. The van der Waals surface area contributed by atoms with Crippen molar-refractivity contribution in [3.63, 3.8) is 0 Å². The first-order valence-corrected chi connectivity index (χ1v) is 19.1. The summed E-state index contributed by atoms with van der Waals surface area (Å²) in [6, 6.07) is 41.8. The van der Waals surface area contributed by atoms with Gasteiger partial charge in [-0.25, -0.2) is 4.98 Å². The van der Waals surface area contributed by atoms with Crippen molar-refractivity contribution in [2.75, 3.05) is 0 Å². The van der Waals surface area contributed by atoms with Crippen LogP contribution < -0.4 is 13.9 Å². The topological polar surface area (TPSA) is 46.0 Å². The number of nitrogens with zero attached hydrogens (tertiary/aromatic N) is 5. The van der Waals surface area contributed by atoms with Crippen LogP contribution in [0.5, 0.6) is 11.5 Å². The zero-order valence-electron chi connectivity index (χ0n) is 38.9. The Hall–Kier alpha value is -6.62. The van der Waals surface area contributed by atoms with Crippen molar-refractivity contribution in [3.8, 4) is 28.4 Å². The standard InChI is InChI=1S/C51H47N5O/c1-33-14-13-15-34(2)49(33)42-16-9-10-17-43(42)55-32-54(44-18-11-12-19-45(44)55)37-26-36(51(6,7)8)27-39(29-37)57-38-20-21-40-41-23-24-52-31-47(41)56(46(40)30-38)48-28-35(22-25-53-48)50(3,4)5/h9-31H,1-8H3/q+2/i1D3,2D3. The lowest BCUT2D eigenvalue weighted by atomic mass is 9.86. The van der Waals surface area contributed by atoms with Gasteiger partial charge in [0.15, 0.2) is 0 Å². The Morgan fingerprint density at radius 2 is 1.32 bits per heavy atom. The molecule has 0 N–H and O–H groups in total. The summed E-state index contributed by atoms with van der Waals surface area (Å²) >= 11 is 0. The maximum atomic E-state index is 8.41. The second kappa shape index (κ2) is 13.5. The molecule has 6 heteroatoms. The number of hydrogen-bond acceptors (Lipinski definition) is 3. The predicted molar refractivity (Wildman–Crippen MR) is 236 cm³/mol. The van der Waals surface area contributed by atoms with E-state index in [0.717, 1.165) is 50.2 Å². The Morgan fingerprint density at radius 3 is 2.05 bits per heavy atom. The predicted octanol–water partition coefficient (Wildman–Crippen LogP) is 13.1. The first kappa shape index (κ1) is 29.6. The maximum absolute atomic E-state index is 8.41. The highest BCUT2D eigenvalue weighted by Gasteiger charge is 2.38. The first-order valence-electron chi connectivity index (χ1n) is 22.1. The Morgan fingerprint density at radius 1 is 0.614 bits per heavy atom. The zero-order chi connectivity index (χ0) is 44.6. The molecule has 4 heterocycles. The van der Waals surface area contributed by atoms with E-state index >= 15 is 0 Å². The molecule has 6 nitrogen and oxygen atoms in total. The van der Waals surface area contributed by atoms with Crippen molar-refractivity contribution in [1.29, 1.82) is 0 Å². The SMILES string of the molecule is [2H]C([2H])([2H])c1cccc(C([2H])([2H])[2H])c1-c1ccccc1[N+]1=C=[N+](c2cc(Oc3ccc4c5ccncc5n(-c5cc(C(C)(C)C)ccn5)c4c3)cc(C(C)(C)C)c2)c2ccccc21. The minimum Gasteiger partial charge on any atom is -0.457 e. The van der Waals surface area contributed by atoms with Crippen LogP contribution in [0.2, 0.25) is 0 Å². The normalized spacial score (nSPS) is 14.8. The van der Waals surface area contributed by atoms with Crippen LogP contribution in [0.1, 0.15) is 72.0 Å². The quantitative estimate of drug-likeness (QED) is 0.159. The van der Waals surface area contributed by atoms with E-state index in [2.05, 4.69) is 93.5 Å². The Kier molecular flexibility index (Phi) is 7.04. The van der Waals surface area contributed by atoms with Crippen molar-refractivity contribution in [3.05, 3.63) is 162 Å². The molecule has 9 rings (SSSR count). The van der Waals surface area contributed by atoms with Crippen LogP contribution in [0.15, 0.2) is 140 Å². The Balaban J connectivity index is 1.21. The summed E-state index contributed by atoms with van der Waals surface area (Å²) in [4.78, 5) is 9.31. The average molecular weight is 752 g/mol. The lowest BCUT2D eigenvalue weighted by Gasteiger charge is -2.20. The van der Waals surface area contributed by atoms with Crippen LogP contribution in [-0.4, -0.2) is 20.5 Å². The number of para-hydroxylation sites is 3. The molecule has 0 bridgehead atoms. The zero-order valence-corrected chi connectivity index (χ0v) is 32.9. The van der Waals surface area contributed by atoms with Gasteiger partial charge < -0.3 is 4.74 Å². The lowest BCUT2D eigenvalue weighted by molar-refractivity contribution is 0.479. The molecule has 0 aliphatic carbocycles.